The summed E-state index contributed by atoms with van der Waals surface area (Å²) in [6.45, 7) is 5.72. The van der Waals surface area contributed by atoms with Gasteiger partial charge in [0.05, 0.1) is 6.61 Å². The van der Waals surface area contributed by atoms with E-state index in [2.05, 4.69) is 22.0 Å². The van der Waals surface area contributed by atoms with Crippen molar-refractivity contribution in [3.8, 4) is 0 Å². The third kappa shape index (κ3) is 3.62. The maximum Gasteiger partial charge on any atom is 0.228 e. The van der Waals surface area contributed by atoms with Crippen LogP contribution in [0.3, 0.4) is 0 Å². The zero-order chi connectivity index (χ0) is 14.7. The lowest BCUT2D eigenvalue weighted by atomic mass is 9.96. The Hall–Kier alpha value is -0.980. The van der Waals surface area contributed by atoms with Gasteiger partial charge in [0.25, 0.3) is 0 Å². The molecule has 2 N–H and O–H groups in total. The van der Waals surface area contributed by atoms with Gasteiger partial charge < -0.3 is 15.0 Å². The average molecular weight is 294 g/mol. The molecule has 1 aromatic heterocycles. The van der Waals surface area contributed by atoms with Crippen molar-refractivity contribution in [2.24, 2.45) is 11.7 Å². The predicted molar refractivity (Wildman–Crippen MR) is 78.7 cm³/mol. The molecule has 6 heteroatoms. The summed E-state index contributed by atoms with van der Waals surface area (Å²) in [5.41, 5.74) is 6.28. The van der Waals surface area contributed by atoms with E-state index >= 15 is 0 Å². The van der Waals surface area contributed by atoms with Crippen LogP contribution in [0.25, 0.3) is 0 Å². The topological polar surface area (TPSA) is 77.4 Å². The molecule has 1 saturated carbocycles. The summed E-state index contributed by atoms with van der Waals surface area (Å²) < 4.78 is 11.1. The second kappa shape index (κ2) is 6.85. The summed E-state index contributed by atoms with van der Waals surface area (Å²) in [6.07, 6.45) is 5.69. The Morgan fingerprint density at radius 3 is 2.95 bits per heavy atom. The quantitative estimate of drug-likeness (QED) is 0.887. The van der Waals surface area contributed by atoms with Crippen molar-refractivity contribution >= 4 is 0 Å². The maximum atomic E-state index is 6.28. The molecule has 0 bridgehead atoms. The molecule has 2 heterocycles. The van der Waals surface area contributed by atoms with E-state index in [0.717, 1.165) is 26.2 Å². The molecule has 1 aliphatic carbocycles. The number of ether oxygens (including phenoxy) is 1. The van der Waals surface area contributed by atoms with Crippen molar-refractivity contribution in [3.05, 3.63) is 11.7 Å². The van der Waals surface area contributed by atoms with Gasteiger partial charge in [0.15, 0.2) is 0 Å². The van der Waals surface area contributed by atoms with E-state index < -0.39 is 0 Å². The Kier molecular flexibility index (Phi) is 4.87. The van der Waals surface area contributed by atoms with Gasteiger partial charge in [0, 0.05) is 25.6 Å². The normalized spacial score (nSPS) is 26.3. The molecule has 0 aromatic carbocycles. The Bertz CT molecular complexity index is 445. The van der Waals surface area contributed by atoms with Gasteiger partial charge in [-0.2, -0.15) is 4.98 Å². The molecule has 1 aromatic rings. The Labute approximate surface area is 126 Å². The molecule has 2 atom stereocenters. The van der Waals surface area contributed by atoms with Gasteiger partial charge >= 0.3 is 0 Å². The summed E-state index contributed by atoms with van der Waals surface area (Å²) in [4.78, 5) is 6.85. The third-order valence-corrected chi connectivity index (χ3v) is 4.79. The molecule has 2 aliphatic rings. The second-order valence-corrected chi connectivity index (χ2v) is 6.21. The number of hydrogen-bond acceptors (Lipinski definition) is 6. The van der Waals surface area contributed by atoms with Gasteiger partial charge in [-0.25, -0.2) is 0 Å². The first-order valence-electron chi connectivity index (χ1n) is 8.18. The van der Waals surface area contributed by atoms with Crippen LogP contribution in [0.2, 0.25) is 0 Å². The molecule has 0 amide bonds. The number of hydrogen-bond donors (Lipinski definition) is 1. The lowest BCUT2D eigenvalue weighted by molar-refractivity contribution is -0.0334. The first-order valence-corrected chi connectivity index (χ1v) is 8.18. The number of nitrogens with two attached hydrogens (primary N) is 1. The van der Waals surface area contributed by atoms with Gasteiger partial charge in [-0.15, -0.1) is 0 Å². The van der Waals surface area contributed by atoms with E-state index in [-0.39, 0.29) is 12.1 Å². The minimum Gasteiger partial charge on any atom is -0.367 e. The molecular formula is C15H26N4O2. The highest BCUT2D eigenvalue weighted by molar-refractivity contribution is 4.96. The van der Waals surface area contributed by atoms with Gasteiger partial charge in [0.2, 0.25) is 11.7 Å². The van der Waals surface area contributed by atoms with E-state index in [9.17, 15) is 0 Å². The van der Waals surface area contributed by atoms with Crippen LogP contribution in [0.4, 0.5) is 0 Å². The molecule has 3 rings (SSSR count). The molecule has 1 saturated heterocycles. The van der Waals surface area contributed by atoms with Crippen molar-refractivity contribution in [3.63, 3.8) is 0 Å². The number of nitrogens with zero attached hydrogens (tertiary/aromatic N) is 3. The van der Waals surface area contributed by atoms with Crippen molar-refractivity contribution in [1.29, 1.82) is 0 Å². The Balaban J connectivity index is 1.57. The highest BCUT2D eigenvalue weighted by atomic mass is 16.5. The fraction of sp³-hybridized carbons (Fsp3) is 0.867. The van der Waals surface area contributed by atoms with Crippen LogP contribution in [0.15, 0.2) is 4.52 Å². The summed E-state index contributed by atoms with van der Waals surface area (Å²) in [7, 11) is 0. The fourth-order valence-corrected chi connectivity index (χ4v) is 3.38. The molecule has 1 aliphatic heterocycles. The van der Waals surface area contributed by atoms with Crippen LogP contribution in [0.5, 0.6) is 0 Å². The SMILES string of the molecule is CCN1CCOC(c2noc(CC(N)C3CCCC3)n2)C1. The third-order valence-electron chi connectivity index (χ3n) is 4.79. The first-order chi connectivity index (χ1) is 10.3. The van der Waals surface area contributed by atoms with Crippen molar-refractivity contribution in [2.75, 3.05) is 26.2 Å². The van der Waals surface area contributed by atoms with Crippen LogP contribution in [0, 0.1) is 5.92 Å². The molecule has 2 unspecified atom stereocenters. The van der Waals surface area contributed by atoms with Gasteiger partial charge in [0.1, 0.15) is 6.10 Å². The van der Waals surface area contributed by atoms with E-state index in [0.29, 0.717) is 24.1 Å². The minimum absolute atomic E-state index is 0.0705. The summed E-state index contributed by atoms with van der Waals surface area (Å²) in [6, 6.07) is 0.139. The highest BCUT2D eigenvalue weighted by Crippen LogP contribution is 2.28. The van der Waals surface area contributed by atoms with Crippen LogP contribution in [-0.4, -0.2) is 47.3 Å². The molecule has 21 heavy (non-hydrogen) atoms. The van der Waals surface area contributed by atoms with E-state index in [1.54, 1.807) is 0 Å². The van der Waals surface area contributed by atoms with E-state index in [4.69, 9.17) is 15.0 Å². The number of morpholine rings is 1. The van der Waals surface area contributed by atoms with Crippen molar-refractivity contribution in [2.45, 2.75) is 51.2 Å². The summed E-state index contributed by atoms with van der Waals surface area (Å²) in [5.74, 6) is 1.94. The largest absolute Gasteiger partial charge is 0.367 e. The van der Waals surface area contributed by atoms with E-state index in [1.165, 1.54) is 25.7 Å². The fourth-order valence-electron chi connectivity index (χ4n) is 3.38. The highest BCUT2D eigenvalue weighted by Gasteiger charge is 2.27. The standard InChI is InChI=1S/C15H26N4O2/c1-2-19-7-8-20-13(10-19)15-17-14(21-18-15)9-12(16)11-5-3-4-6-11/h11-13H,2-10,16H2,1H3. The van der Waals surface area contributed by atoms with Crippen LogP contribution in [0.1, 0.15) is 50.4 Å². The molecule has 6 nitrogen and oxygen atoms in total. The Morgan fingerprint density at radius 1 is 1.38 bits per heavy atom. The monoisotopic (exact) mass is 294 g/mol. The van der Waals surface area contributed by atoms with Crippen molar-refractivity contribution < 1.29 is 9.26 Å². The molecular weight excluding hydrogens is 268 g/mol. The number of rotatable bonds is 5. The summed E-state index contributed by atoms with van der Waals surface area (Å²) >= 11 is 0. The minimum atomic E-state index is -0.0705. The zero-order valence-electron chi connectivity index (χ0n) is 12.8. The van der Waals surface area contributed by atoms with Crippen LogP contribution < -0.4 is 5.73 Å². The first kappa shape index (κ1) is 14.9. The number of aromatic nitrogens is 2. The van der Waals surface area contributed by atoms with Crippen LogP contribution >= 0.6 is 0 Å². The van der Waals surface area contributed by atoms with E-state index in [1.807, 2.05) is 0 Å². The molecule has 0 radical (unpaired) electrons. The summed E-state index contributed by atoms with van der Waals surface area (Å²) in [5, 5.41) is 4.09. The predicted octanol–water partition coefficient (Wildman–Crippen LogP) is 1.52. The molecule has 118 valence electrons. The molecule has 2 fully saturated rings. The lowest BCUT2D eigenvalue weighted by Crippen LogP contribution is -2.38. The smallest absolute Gasteiger partial charge is 0.228 e. The lowest BCUT2D eigenvalue weighted by Gasteiger charge is -2.30. The van der Waals surface area contributed by atoms with Crippen LogP contribution in [-0.2, 0) is 11.2 Å². The second-order valence-electron chi connectivity index (χ2n) is 6.21. The average Bonchev–Trinajstić information content (AvgIpc) is 3.18. The van der Waals surface area contributed by atoms with Crippen molar-refractivity contribution in [1.82, 2.24) is 15.0 Å². The zero-order valence-corrected chi connectivity index (χ0v) is 12.8. The van der Waals surface area contributed by atoms with Gasteiger partial charge in [-0.1, -0.05) is 24.9 Å². The number of likely N-dealkylation sites (N-methyl/N-ethyl adjacent to an activating group) is 1. The molecule has 0 spiro atoms. The maximum absolute atomic E-state index is 6.28. The Morgan fingerprint density at radius 2 is 2.19 bits per heavy atom. The van der Waals surface area contributed by atoms with Gasteiger partial charge in [-0.05, 0) is 25.3 Å². The van der Waals surface area contributed by atoms with Gasteiger partial charge in [-0.3, -0.25) is 4.90 Å².